The van der Waals surface area contributed by atoms with Crippen molar-refractivity contribution in [1.29, 1.82) is 0 Å². The van der Waals surface area contributed by atoms with E-state index in [9.17, 15) is 14.4 Å². The van der Waals surface area contributed by atoms with Crippen LogP contribution in [0.3, 0.4) is 0 Å². The summed E-state index contributed by atoms with van der Waals surface area (Å²) in [7, 11) is 0. The first-order valence-electron chi connectivity index (χ1n) is 6.27. The second-order valence-corrected chi connectivity index (χ2v) is 4.30. The fourth-order valence-electron chi connectivity index (χ4n) is 1.34. The number of hydrogen-bond acceptors (Lipinski definition) is 5. The summed E-state index contributed by atoms with van der Waals surface area (Å²) in [5.41, 5.74) is 6.07. The number of carboxylic acids is 2. The topological polar surface area (TPSA) is 147 Å². The van der Waals surface area contributed by atoms with Crippen molar-refractivity contribution in [1.82, 2.24) is 5.32 Å². The first kappa shape index (κ1) is 19.3. The van der Waals surface area contributed by atoms with Crippen LogP contribution in [-0.4, -0.2) is 40.0 Å². The SMILES string of the molecule is CC(=O)O.N[C@@H](CC(=O)O)C(=O)NC(=O)Cc1ccccc1. The van der Waals surface area contributed by atoms with Gasteiger partial charge in [-0.2, -0.15) is 0 Å². The maximum absolute atomic E-state index is 11.5. The maximum Gasteiger partial charge on any atom is 0.305 e. The van der Waals surface area contributed by atoms with Crippen LogP contribution >= 0.6 is 0 Å². The highest BCUT2D eigenvalue weighted by Gasteiger charge is 2.19. The van der Waals surface area contributed by atoms with E-state index in [-0.39, 0.29) is 6.42 Å². The second kappa shape index (κ2) is 10.1. The number of nitrogens with one attached hydrogen (secondary N) is 1. The molecule has 8 nitrogen and oxygen atoms in total. The van der Waals surface area contributed by atoms with E-state index >= 15 is 0 Å². The van der Waals surface area contributed by atoms with Gasteiger partial charge >= 0.3 is 5.97 Å². The largest absolute Gasteiger partial charge is 0.481 e. The Bertz CT molecular complexity index is 525. The van der Waals surface area contributed by atoms with Crippen LogP contribution in [0.1, 0.15) is 18.9 Å². The van der Waals surface area contributed by atoms with E-state index in [1.165, 1.54) is 0 Å². The molecule has 0 saturated carbocycles. The zero-order valence-corrected chi connectivity index (χ0v) is 12.0. The fraction of sp³-hybridized carbons (Fsp3) is 0.286. The molecule has 0 radical (unpaired) electrons. The highest BCUT2D eigenvalue weighted by atomic mass is 16.4. The Labute approximate surface area is 126 Å². The minimum atomic E-state index is -1.22. The molecule has 0 heterocycles. The van der Waals surface area contributed by atoms with Gasteiger partial charge in [0.2, 0.25) is 11.8 Å². The van der Waals surface area contributed by atoms with Crippen molar-refractivity contribution in [2.24, 2.45) is 5.73 Å². The van der Waals surface area contributed by atoms with Gasteiger partial charge < -0.3 is 15.9 Å². The first-order valence-corrected chi connectivity index (χ1v) is 6.27. The van der Waals surface area contributed by atoms with E-state index < -0.39 is 36.2 Å². The number of rotatable bonds is 5. The van der Waals surface area contributed by atoms with Crippen molar-refractivity contribution in [2.45, 2.75) is 25.8 Å². The van der Waals surface area contributed by atoms with Gasteiger partial charge in [-0.15, -0.1) is 0 Å². The molecule has 0 aliphatic heterocycles. The van der Waals surface area contributed by atoms with Gasteiger partial charge in [-0.05, 0) is 5.56 Å². The average Bonchev–Trinajstić information content (AvgIpc) is 2.38. The monoisotopic (exact) mass is 310 g/mol. The van der Waals surface area contributed by atoms with Crippen LogP contribution in [0, 0.1) is 0 Å². The van der Waals surface area contributed by atoms with Crippen LogP contribution in [0.15, 0.2) is 30.3 Å². The number of hydrogen-bond donors (Lipinski definition) is 4. The van der Waals surface area contributed by atoms with E-state index in [1.54, 1.807) is 24.3 Å². The van der Waals surface area contributed by atoms with Gasteiger partial charge in [0.1, 0.15) is 0 Å². The lowest BCUT2D eigenvalue weighted by Crippen LogP contribution is -2.44. The van der Waals surface area contributed by atoms with Crippen molar-refractivity contribution < 1.29 is 29.4 Å². The minimum Gasteiger partial charge on any atom is -0.481 e. The molecule has 0 bridgehead atoms. The molecule has 0 saturated heterocycles. The van der Waals surface area contributed by atoms with E-state index in [1.807, 2.05) is 6.07 Å². The summed E-state index contributed by atoms with van der Waals surface area (Å²) < 4.78 is 0. The summed E-state index contributed by atoms with van der Waals surface area (Å²) in [6.45, 7) is 1.08. The normalized spacial score (nSPS) is 10.6. The fourth-order valence-corrected chi connectivity index (χ4v) is 1.34. The van der Waals surface area contributed by atoms with E-state index in [2.05, 4.69) is 5.32 Å². The summed E-state index contributed by atoms with van der Waals surface area (Å²) in [6.07, 6.45) is -0.461. The minimum absolute atomic E-state index is 0.0480. The molecule has 8 heteroatoms. The third-order valence-corrected chi connectivity index (χ3v) is 2.20. The average molecular weight is 310 g/mol. The molecule has 0 aromatic heterocycles. The zero-order chi connectivity index (χ0) is 17.1. The van der Waals surface area contributed by atoms with Crippen molar-refractivity contribution in [3.05, 3.63) is 35.9 Å². The summed E-state index contributed by atoms with van der Waals surface area (Å²) in [5.74, 6) is -3.31. The molecule has 5 N–H and O–H groups in total. The van der Waals surface area contributed by atoms with Gasteiger partial charge in [-0.1, -0.05) is 30.3 Å². The van der Waals surface area contributed by atoms with Crippen LogP contribution in [0.4, 0.5) is 0 Å². The molecule has 1 aromatic carbocycles. The van der Waals surface area contributed by atoms with Gasteiger partial charge in [0.25, 0.3) is 5.97 Å². The Morgan fingerprint density at radius 2 is 1.64 bits per heavy atom. The Balaban J connectivity index is 0.000000980. The zero-order valence-electron chi connectivity index (χ0n) is 12.0. The lowest BCUT2D eigenvalue weighted by atomic mass is 10.1. The Hall–Kier alpha value is -2.74. The van der Waals surface area contributed by atoms with Crippen LogP contribution in [0.5, 0.6) is 0 Å². The molecule has 0 spiro atoms. The highest BCUT2D eigenvalue weighted by Crippen LogP contribution is 1.99. The number of carbonyl (C=O) groups is 4. The van der Waals surface area contributed by atoms with Gasteiger partial charge in [0.15, 0.2) is 0 Å². The number of benzene rings is 1. The summed E-state index contributed by atoms with van der Waals surface area (Å²) in [6, 6.07) is 7.65. The lowest BCUT2D eigenvalue weighted by Gasteiger charge is -2.09. The Morgan fingerprint density at radius 1 is 1.14 bits per heavy atom. The van der Waals surface area contributed by atoms with Crippen LogP contribution < -0.4 is 11.1 Å². The summed E-state index contributed by atoms with van der Waals surface area (Å²) in [5, 5.41) is 17.9. The quantitative estimate of drug-likeness (QED) is 0.587. The number of aliphatic carboxylic acids is 2. The third kappa shape index (κ3) is 10.1. The van der Waals surface area contributed by atoms with Crippen LogP contribution in [-0.2, 0) is 25.6 Å². The molecule has 0 fully saturated rings. The Morgan fingerprint density at radius 3 is 2.09 bits per heavy atom. The molecule has 0 aliphatic carbocycles. The van der Waals surface area contributed by atoms with Crippen molar-refractivity contribution in [2.75, 3.05) is 0 Å². The van der Waals surface area contributed by atoms with Crippen LogP contribution in [0.2, 0.25) is 0 Å². The number of carboxylic acid groups (broad SMARTS) is 2. The number of amides is 2. The molecule has 120 valence electrons. The molecule has 2 amide bonds. The van der Waals surface area contributed by atoms with Crippen molar-refractivity contribution >= 4 is 23.8 Å². The molecular weight excluding hydrogens is 292 g/mol. The van der Waals surface area contributed by atoms with E-state index in [0.29, 0.717) is 0 Å². The molecule has 1 rings (SSSR count). The van der Waals surface area contributed by atoms with Gasteiger partial charge in [0.05, 0.1) is 18.9 Å². The second-order valence-electron chi connectivity index (χ2n) is 4.30. The summed E-state index contributed by atoms with van der Waals surface area (Å²) >= 11 is 0. The summed E-state index contributed by atoms with van der Waals surface area (Å²) in [4.78, 5) is 42.2. The molecule has 0 aliphatic rings. The predicted octanol–water partition coefficient (Wildman–Crippen LogP) is -0.235. The van der Waals surface area contributed by atoms with Gasteiger partial charge in [-0.3, -0.25) is 24.5 Å². The highest BCUT2D eigenvalue weighted by molar-refractivity contribution is 5.99. The Kier molecular flexibility index (Phi) is 8.80. The molecule has 0 unspecified atom stereocenters. The maximum atomic E-state index is 11.5. The lowest BCUT2D eigenvalue weighted by molar-refractivity contribution is -0.140. The first-order chi connectivity index (χ1) is 10.2. The van der Waals surface area contributed by atoms with Gasteiger partial charge in [-0.25, -0.2) is 0 Å². The standard InChI is InChI=1S/C12H14N2O4.C2H4O2/c13-9(7-11(16)17)12(18)14-10(15)6-8-4-2-1-3-5-8;1-2(3)4/h1-5,9H,6-7,13H2,(H,16,17)(H,14,15,18);1H3,(H,3,4)/t9-;/m0./s1. The van der Waals surface area contributed by atoms with Crippen LogP contribution in [0.25, 0.3) is 0 Å². The number of carbonyl (C=O) groups excluding carboxylic acids is 2. The van der Waals surface area contributed by atoms with E-state index in [0.717, 1.165) is 12.5 Å². The van der Waals surface area contributed by atoms with Crippen molar-refractivity contribution in [3.8, 4) is 0 Å². The molecule has 22 heavy (non-hydrogen) atoms. The smallest absolute Gasteiger partial charge is 0.305 e. The number of imide groups is 1. The van der Waals surface area contributed by atoms with Crippen molar-refractivity contribution in [3.63, 3.8) is 0 Å². The predicted molar refractivity (Wildman–Crippen MR) is 76.8 cm³/mol. The number of nitrogens with two attached hydrogens (primary N) is 1. The third-order valence-electron chi connectivity index (χ3n) is 2.20. The molecule has 1 atom stereocenters. The molecular formula is C14H18N2O6. The molecule has 1 aromatic rings. The van der Waals surface area contributed by atoms with E-state index in [4.69, 9.17) is 20.7 Å². The van der Waals surface area contributed by atoms with Gasteiger partial charge in [0, 0.05) is 6.92 Å².